The van der Waals surface area contributed by atoms with Crippen LogP contribution < -0.4 is 5.32 Å². The zero-order valence-electron chi connectivity index (χ0n) is 13.3. The first-order valence-electron chi connectivity index (χ1n) is 8.17. The van der Waals surface area contributed by atoms with E-state index in [1.54, 1.807) is 0 Å². The van der Waals surface area contributed by atoms with Gasteiger partial charge in [0.05, 0.1) is 11.9 Å². The molecule has 116 valence electrons. The Bertz CT molecular complexity index is 489. The molecule has 0 aromatic carbocycles. The Hall–Kier alpha value is -0.610. The van der Waals surface area contributed by atoms with Gasteiger partial charge in [0.15, 0.2) is 0 Å². The molecule has 1 aromatic rings. The first-order chi connectivity index (χ1) is 10.0. The Balaban J connectivity index is 1.74. The van der Waals surface area contributed by atoms with E-state index in [1.807, 2.05) is 6.20 Å². The molecule has 4 heteroatoms. The number of nitrogens with one attached hydrogen (secondary N) is 1. The number of hydrogen-bond donors (Lipinski definition) is 1. The quantitative estimate of drug-likeness (QED) is 0.831. The van der Waals surface area contributed by atoms with Gasteiger partial charge in [-0.3, -0.25) is 0 Å². The summed E-state index contributed by atoms with van der Waals surface area (Å²) in [6.45, 7) is 9.24. The van der Waals surface area contributed by atoms with Gasteiger partial charge >= 0.3 is 0 Å². The second-order valence-corrected chi connectivity index (χ2v) is 7.75. The van der Waals surface area contributed by atoms with E-state index in [0.717, 1.165) is 16.4 Å². The van der Waals surface area contributed by atoms with Gasteiger partial charge in [-0.1, -0.05) is 6.42 Å². The van der Waals surface area contributed by atoms with Crippen LogP contribution in [0.5, 0.6) is 0 Å². The highest BCUT2D eigenvalue weighted by Gasteiger charge is 2.39. The summed E-state index contributed by atoms with van der Waals surface area (Å²) in [7, 11) is 0. The maximum atomic E-state index is 4.43. The maximum Gasteiger partial charge on any atom is 0.109 e. The van der Waals surface area contributed by atoms with Crippen LogP contribution in [0.2, 0.25) is 0 Å². The summed E-state index contributed by atoms with van der Waals surface area (Å²) in [6.07, 6.45) is 6.08. The van der Waals surface area contributed by atoms with Gasteiger partial charge < -0.3 is 10.2 Å². The minimum atomic E-state index is 0.621. The summed E-state index contributed by atoms with van der Waals surface area (Å²) in [5.74, 6) is 1.56. The molecular weight excluding hydrogens is 326 g/mol. The average molecular weight is 352 g/mol. The molecule has 3 nitrogen and oxygen atoms in total. The van der Waals surface area contributed by atoms with Crippen molar-refractivity contribution in [1.29, 1.82) is 0 Å². The molecule has 1 saturated heterocycles. The molecule has 1 aliphatic carbocycles. The first kappa shape index (κ1) is 15.3. The van der Waals surface area contributed by atoms with E-state index in [2.05, 4.69) is 58.0 Å². The van der Waals surface area contributed by atoms with Crippen molar-refractivity contribution >= 4 is 21.6 Å². The average Bonchev–Trinajstić information content (AvgIpc) is 2.42. The van der Waals surface area contributed by atoms with Crippen molar-refractivity contribution < 1.29 is 0 Å². The van der Waals surface area contributed by atoms with Crippen LogP contribution in [0.25, 0.3) is 0 Å². The summed E-state index contributed by atoms with van der Waals surface area (Å²) in [4.78, 5) is 7.09. The van der Waals surface area contributed by atoms with Gasteiger partial charge in [-0.15, -0.1) is 0 Å². The number of rotatable bonds is 3. The predicted octanol–water partition coefficient (Wildman–Crippen LogP) is 4.07. The van der Waals surface area contributed by atoms with Crippen LogP contribution in [0.15, 0.2) is 16.9 Å². The third-order valence-corrected chi connectivity index (χ3v) is 6.01. The summed E-state index contributed by atoms with van der Waals surface area (Å²) in [5, 5.41) is 3.80. The van der Waals surface area contributed by atoms with E-state index < -0.39 is 0 Å². The van der Waals surface area contributed by atoms with Gasteiger partial charge in [-0.05, 0) is 73.0 Å². The Morgan fingerprint density at radius 2 is 1.95 bits per heavy atom. The normalized spacial score (nSPS) is 29.7. The van der Waals surface area contributed by atoms with Crippen LogP contribution in [-0.2, 0) is 0 Å². The molecule has 0 amide bonds. The monoisotopic (exact) mass is 351 g/mol. The largest absolute Gasteiger partial charge is 0.380 e. The summed E-state index contributed by atoms with van der Waals surface area (Å²) in [5.41, 5.74) is 2.38. The zero-order chi connectivity index (χ0) is 15.0. The molecule has 3 rings (SSSR count). The maximum absolute atomic E-state index is 4.43. The van der Waals surface area contributed by atoms with Crippen molar-refractivity contribution in [3.63, 3.8) is 0 Å². The lowest BCUT2D eigenvalue weighted by atomic mass is 9.73. The number of pyridine rings is 1. The molecule has 1 N–H and O–H groups in total. The number of piperidine rings is 1. The molecule has 2 aliphatic rings. The van der Waals surface area contributed by atoms with Crippen LogP contribution in [0, 0.1) is 18.8 Å². The Labute approximate surface area is 136 Å². The van der Waals surface area contributed by atoms with E-state index in [1.165, 1.54) is 43.6 Å². The van der Waals surface area contributed by atoms with Crippen molar-refractivity contribution in [2.24, 2.45) is 11.8 Å². The van der Waals surface area contributed by atoms with Crippen molar-refractivity contribution in [2.45, 2.75) is 52.1 Å². The zero-order valence-corrected chi connectivity index (χ0v) is 14.9. The van der Waals surface area contributed by atoms with Gasteiger partial charge in [0, 0.05) is 25.2 Å². The molecule has 1 aliphatic heterocycles. The molecule has 2 atom stereocenters. The highest BCUT2D eigenvalue weighted by Crippen LogP contribution is 2.37. The van der Waals surface area contributed by atoms with Crippen molar-refractivity contribution in [1.82, 2.24) is 9.88 Å². The van der Waals surface area contributed by atoms with E-state index in [0.29, 0.717) is 12.1 Å². The van der Waals surface area contributed by atoms with E-state index >= 15 is 0 Å². The van der Waals surface area contributed by atoms with Gasteiger partial charge in [-0.2, -0.15) is 0 Å². The Morgan fingerprint density at radius 1 is 1.29 bits per heavy atom. The van der Waals surface area contributed by atoms with Gasteiger partial charge in [0.2, 0.25) is 0 Å². The van der Waals surface area contributed by atoms with E-state index in [9.17, 15) is 0 Å². The second-order valence-electron chi connectivity index (χ2n) is 7.00. The lowest BCUT2D eigenvalue weighted by Crippen LogP contribution is -2.56. The molecule has 0 radical (unpaired) electrons. The molecular formula is C17H26BrN3. The molecule has 0 spiro atoms. The van der Waals surface area contributed by atoms with Gasteiger partial charge in [0.1, 0.15) is 4.60 Å². The van der Waals surface area contributed by atoms with Crippen molar-refractivity contribution in [2.75, 3.05) is 18.4 Å². The third-order valence-electron chi connectivity index (χ3n) is 5.18. The van der Waals surface area contributed by atoms with Crippen molar-refractivity contribution in [3.8, 4) is 0 Å². The van der Waals surface area contributed by atoms with Crippen LogP contribution >= 0.6 is 15.9 Å². The van der Waals surface area contributed by atoms with E-state index in [4.69, 9.17) is 0 Å². The second kappa shape index (κ2) is 6.25. The van der Waals surface area contributed by atoms with Crippen LogP contribution in [0.1, 0.15) is 38.7 Å². The molecule has 2 heterocycles. The molecule has 1 saturated carbocycles. The third kappa shape index (κ3) is 3.26. The fourth-order valence-electron chi connectivity index (χ4n) is 3.96. The van der Waals surface area contributed by atoms with Gasteiger partial charge in [0.25, 0.3) is 0 Å². The van der Waals surface area contributed by atoms with Crippen LogP contribution in [0.3, 0.4) is 0 Å². The number of anilines is 1. The number of fused-ring (bicyclic) bond motifs is 2. The van der Waals surface area contributed by atoms with Crippen molar-refractivity contribution in [3.05, 3.63) is 22.4 Å². The lowest BCUT2D eigenvalue weighted by Gasteiger charge is -2.49. The minimum Gasteiger partial charge on any atom is -0.380 e. The number of halogens is 1. The van der Waals surface area contributed by atoms with Gasteiger partial charge in [-0.25, -0.2) is 4.98 Å². The number of hydrogen-bond acceptors (Lipinski definition) is 3. The summed E-state index contributed by atoms with van der Waals surface area (Å²) >= 11 is 3.48. The number of nitrogens with zero attached hydrogens (tertiary/aromatic N) is 2. The highest BCUT2D eigenvalue weighted by molar-refractivity contribution is 9.10. The molecule has 2 unspecified atom stereocenters. The molecule has 2 fully saturated rings. The number of likely N-dealkylation sites (tertiary alicyclic amines) is 1. The standard InChI is InChI=1S/C17H26BrN3/c1-11(2)21-9-13-5-4-6-14(10-21)16(13)20-15-7-12(3)17(18)19-8-15/h7-8,11,13-14,16,20H,4-6,9-10H2,1-3H3. The number of aryl methyl sites for hydroxylation is 1. The summed E-state index contributed by atoms with van der Waals surface area (Å²) < 4.78 is 0.947. The Kier molecular flexibility index (Phi) is 4.55. The Morgan fingerprint density at radius 3 is 2.52 bits per heavy atom. The SMILES string of the molecule is Cc1cc(NC2C3CCCC2CN(C(C)C)C3)cnc1Br. The minimum absolute atomic E-state index is 0.621. The smallest absolute Gasteiger partial charge is 0.109 e. The molecule has 21 heavy (non-hydrogen) atoms. The topological polar surface area (TPSA) is 28.2 Å². The first-order valence-corrected chi connectivity index (χ1v) is 8.96. The van der Waals surface area contributed by atoms with Crippen LogP contribution in [-0.4, -0.2) is 35.1 Å². The molecule has 2 bridgehead atoms. The fourth-order valence-corrected chi connectivity index (χ4v) is 4.18. The van der Waals surface area contributed by atoms with Crippen LogP contribution in [0.4, 0.5) is 5.69 Å². The molecule has 1 aromatic heterocycles. The number of aromatic nitrogens is 1. The van der Waals surface area contributed by atoms with E-state index in [-0.39, 0.29) is 0 Å². The fraction of sp³-hybridized carbons (Fsp3) is 0.706. The lowest BCUT2D eigenvalue weighted by molar-refractivity contribution is 0.0518. The summed E-state index contributed by atoms with van der Waals surface area (Å²) in [6, 6.07) is 3.50. The predicted molar refractivity (Wildman–Crippen MR) is 91.6 cm³/mol. The highest BCUT2D eigenvalue weighted by atomic mass is 79.9.